The molecule has 2 heterocycles. The van der Waals surface area contributed by atoms with E-state index in [4.69, 9.17) is 19.6 Å². The van der Waals surface area contributed by atoms with Gasteiger partial charge in [-0.05, 0) is 82.9 Å². The lowest BCUT2D eigenvalue weighted by Gasteiger charge is -2.39. The summed E-state index contributed by atoms with van der Waals surface area (Å²) in [7, 11) is 3.33. The van der Waals surface area contributed by atoms with Crippen molar-refractivity contribution in [2.24, 2.45) is 10.1 Å². The zero-order valence-electron chi connectivity index (χ0n) is 23.9. The van der Waals surface area contributed by atoms with Crippen molar-refractivity contribution in [3.63, 3.8) is 0 Å². The van der Waals surface area contributed by atoms with Crippen LogP contribution in [0.4, 0.5) is 5.69 Å². The second-order valence-electron chi connectivity index (χ2n) is 10.3. The van der Waals surface area contributed by atoms with Gasteiger partial charge in [0.25, 0.3) is 0 Å². The van der Waals surface area contributed by atoms with E-state index < -0.39 is 0 Å². The molecule has 206 valence electrons. The average Bonchev–Trinajstić information content (AvgIpc) is 2.93. The van der Waals surface area contributed by atoms with Crippen molar-refractivity contribution in [3.05, 3.63) is 53.1 Å². The van der Waals surface area contributed by atoms with Crippen LogP contribution in [0.25, 0.3) is 0 Å². The summed E-state index contributed by atoms with van der Waals surface area (Å²) in [6.07, 6.45) is 2.93. The third kappa shape index (κ3) is 6.09. The summed E-state index contributed by atoms with van der Waals surface area (Å²) in [6.45, 7) is 11.5. The molecule has 0 bridgehead atoms. The first-order valence-electron chi connectivity index (χ1n) is 13.3. The van der Waals surface area contributed by atoms with Crippen molar-refractivity contribution in [3.8, 4) is 23.3 Å². The number of carbonyl (C=O) groups excluding carboxylic acids is 1. The van der Waals surface area contributed by atoms with Crippen LogP contribution < -0.4 is 14.4 Å². The van der Waals surface area contributed by atoms with Gasteiger partial charge in [-0.3, -0.25) is 10.0 Å². The molecule has 0 amide bonds. The molecule has 7 nitrogen and oxygen atoms in total. The Labute approximate surface area is 236 Å². The molecule has 0 spiro atoms. The summed E-state index contributed by atoms with van der Waals surface area (Å²) >= 11 is 1.61. The Balaban J connectivity index is 1.77. The zero-order chi connectivity index (χ0) is 28.2. The van der Waals surface area contributed by atoms with Gasteiger partial charge in [-0.1, -0.05) is 12.0 Å². The predicted octanol–water partition coefficient (Wildman–Crippen LogP) is 5.39. The van der Waals surface area contributed by atoms with E-state index in [1.54, 1.807) is 37.9 Å². The molecule has 0 fully saturated rings. The monoisotopic (exact) mass is 546 g/mol. The number of nitrogens with zero attached hydrogens (tertiary/aromatic N) is 4. The molecule has 0 N–H and O–H groups in total. The number of amidine groups is 1. The summed E-state index contributed by atoms with van der Waals surface area (Å²) in [5, 5.41) is 6.39. The molecule has 2 aromatic carbocycles. The van der Waals surface area contributed by atoms with E-state index in [2.05, 4.69) is 62.6 Å². The molecule has 2 aromatic rings. The number of hydrogen-bond donors (Lipinski definition) is 0. The molecule has 0 radical (unpaired) electrons. The minimum absolute atomic E-state index is 0.105. The number of methoxy groups -OCH3 is 2. The van der Waals surface area contributed by atoms with Crippen LogP contribution in [0.1, 0.15) is 57.7 Å². The van der Waals surface area contributed by atoms with E-state index in [1.165, 1.54) is 5.56 Å². The van der Waals surface area contributed by atoms with Gasteiger partial charge in [0.2, 0.25) is 0 Å². The first-order valence-corrected chi connectivity index (χ1v) is 14.2. The molecule has 4 rings (SSSR count). The van der Waals surface area contributed by atoms with Crippen LogP contribution in [-0.4, -0.2) is 66.3 Å². The lowest BCUT2D eigenvalue weighted by atomic mass is 9.93. The standard InChI is InChI=1S/C31H38N4O3S/c1-8-9-17-35-28(20-36)39-31(4,5)29(33-35)23-12-15-26-22(18-23)11-10-16-34(26)30(32-21(2)3)25-14-13-24(37-6)19-27(25)38-7/h12-15,18-21,28H,10-11,16-17H2,1-7H3. The number of anilines is 1. The van der Waals surface area contributed by atoms with E-state index in [9.17, 15) is 4.79 Å². The Hall–Kier alpha value is -3.44. The number of carbonyl (C=O) groups is 1. The lowest BCUT2D eigenvalue weighted by molar-refractivity contribution is -0.109. The molecule has 0 saturated heterocycles. The van der Waals surface area contributed by atoms with Crippen LogP contribution in [0.2, 0.25) is 0 Å². The van der Waals surface area contributed by atoms with Gasteiger partial charge in [-0.2, -0.15) is 5.10 Å². The van der Waals surface area contributed by atoms with Gasteiger partial charge < -0.3 is 19.2 Å². The Morgan fingerprint density at radius 2 is 2.03 bits per heavy atom. The highest BCUT2D eigenvalue weighted by Crippen LogP contribution is 2.40. The van der Waals surface area contributed by atoms with E-state index in [1.807, 2.05) is 18.2 Å². The molecule has 2 aliphatic rings. The molecule has 1 unspecified atom stereocenters. The number of aliphatic imine (C=N–C) groups is 1. The molecular formula is C31H38N4O3S. The molecule has 0 aliphatic carbocycles. The molecule has 2 aliphatic heterocycles. The summed E-state index contributed by atoms with van der Waals surface area (Å²) in [5.74, 6) is 8.33. The maximum atomic E-state index is 11.8. The third-order valence-electron chi connectivity index (χ3n) is 6.80. The first-order chi connectivity index (χ1) is 18.7. The van der Waals surface area contributed by atoms with Gasteiger partial charge >= 0.3 is 0 Å². The van der Waals surface area contributed by atoms with Crippen LogP contribution in [0.5, 0.6) is 11.5 Å². The number of fused-ring (bicyclic) bond motifs is 1. The van der Waals surface area contributed by atoms with Gasteiger partial charge in [0.05, 0.1) is 36.8 Å². The Morgan fingerprint density at radius 3 is 2.69 bits per heavy atom. The Morgan fingerprint density at radius 1 is 1.23 bits per heavy atom. The number of rotatable bonds is 7. The quantitative estimate of drug-likeness (QED) is 0.201. The highest BCUT2D eigenvalue weighted by Gasteiger charge is 2.38. The number of ether oxygens (including phenoxy) is 2. The summed E-state index contributed by atoms with van der Waals surface area (Å²) < 4.78 is 10.9. The SMILES string of the molecule is CC#CCN1N=C(c2ccc3c(c2)CCCN3C(=NC(C)C)c2ccc(OC)cc2OC)C(C)(C)SC1C=O. The lowest BCUT2D eigenvalue weighted by Crippen LogP contribution is -2.45. The van der Waals surface area contributed by atoms with Crippen LogP contribution in [0.3, 0.4) is 0 Å². The van der Waals surface area contributed by atoms with E-state index in [0.29, 0.717) is 6.54 Å². The van der Waals surface area contributed by atoms with Crippen LogP contribution in [0.15, 0.2) is 46.5 Å². The number of thioether (sulfide) groups is 1. The van der Waals surface area contributed by atoms with Crippen molar-refractivity contribution in [1.82, 2.24) is 5.01 Å². The second-order valence-corrected chi connectivity index (χ2v) is 12.1. The minimum Gasteiger partial charge on any atom is -0.497 e. The first kappa shape index (κ1) is 28.6. The minimum atomic E-state index is -0.355. The maximum absolute atomic E-state index is 11.8. The molecular weight excluding hydrogens is 508 g/mol. The molecule has 1 atom stereocenters. The fourth-order valence-electron chi connectivity index (χ4n) is 4.99. The van der Waals surface area contributed by atoms with Gasteiger partial charge in [0.1, 0.15) is 22.7 Å². The van der Waals surface area contributed by atoms with Crippen LogP contribution >= 0.6 is 11.8 Å². The fourth-order valence-corrected chi connectivity index (χ4v) is 6.16. The van der Waals surface area contributed by atoms with E-state index in [-0.39, 0.29) is 16.2 Å². The normalized spacial score (nSPS) is 18.6. The largest absolute Gasteiger partial charge is 0.497 e. The van der Waals surface area contributed by atoms with Gasteiger partial charge in [0.15, 0.2) is 6.29 Å². The topological polar surface area (TPSA) is 66.7 Å². The maximum Gasteiger partial charge on any atom is 0.154 e. The molecule has 8 heteroatoms. The number of benzene rings is 2. The highest BCUT2D eigenvalue weighted by molar-refractivity contribution is 8.02. The number of aldehydes is 1. The van der Waals surface area contributed by atoms with E-state index in [0.717, 1.165) is 65.5 Å². The number of hydrogen-bond acceptors (Lipinski definition) is 7. The van der Waals surface area contributed by atoms with Crippen molar-refractivity contribution in [1.29, 1.82) is 0 Å². The summed E-state index contributed by atoms with van der Waals surface area (Å²) in [5.41, 5.74) is 5.35. The van der Waals surface area contributed by atoms with Gasteiger partial charge in [-0.15, -0.1) is 17.7 Å². The van der Waals surface area contributed by atoms with Gasteiger partial charge in [0, 0.05) is 24.3 Å². The average molecular weight is 547 g/mol. The Kier molecular flexibility index (Phi) is 8.91. The number of aryl methyl sites for hydroxylation is 1. The van der Waals surface area contributed by atoms with Crippen molar-refractivity contribution in [2.45, 2.75) is 63.6 Å². The summed E-state index contributed by atoms with van der Waals surface area (Å²) in [4.78, 5) is 19.2. The zero-order valence-corrected chi connectivity index (χ0v) is 24.8. The van der Waals surface area contributed by atoms with E-state index >= 15 is 0 Å². The second kappa shape index (κ2) is 12.2. The molecule has 39 heavy (non-hydrogen) atoms. The van der Waals surface area contributed by atoms with Crippen LogP contribution in [-0.2, 0) is 11.2 Å². The van der Waals surface area contributed by atoms with Crippen molar-refractivity contribution < 1.29 is 14.3 Å². The third-order valence-corrected chi connectivity index (χ3v) is 8.18. The Bertz CT molecular complexity index is 1340. The predicted molar refractivity (Wildman–Crippen MR) is 162 cm³/mol. The van der Waals surface area contributed by atoms with Crippen LogP contribution in [0, 0.1) is 11.8 Å². The fraction of sp³-hybridized carbons (Fsp3) is 0.452. The number of hydrazone groups is 1. The highest BCUT2D eigenvalue weighted by atomic mass is 32.2. The molecule has 0 aromatic heterocycles. The smallest absolute Gasteiger partial charge is 0.154 e. The van der Waals surface area contributed by atoms with Crippen molar-refractivity contribution in [2.75, 3.05) is 32.2 Å². The molecule has 0 saturated carbocycles. The van der Waals surface area contributed by atoms with Gasteiger partial charge in [-0.25, -0.2) is 0 Å². The van der Waals surface area contributed by atoms with Crippen molar-refractivity contribution >= 4 is 35.3 Å². The summed E-state index contributed by atoms with van der Waals surface area (Å²) in [6, 6.07) is 12.6.